The molecule has 0 fully saturated rings. The van der Waals surface area contributed by atoms with Gasteiger partial charge in [0, 0.05) is 18.7 Å². The van der Waals surface area contributed by atoms with Crippen LogP contribution in [0.25, 0.3) is 0 Å². The standard InChI is InChI=1S/C15H33NO3/c1-12(2)8-7-9-19-11-13(17)10-16-14(3,4)15(5,6)18/h12-13,16-18H,7-11H2,1-6H3. The first kappa shape index (κ1) is 18.8. The largest absolute Gasteiger partial charge is 0.389 e. The predicted octanol–water partition coefficient (Wildman–Crippen LogP) is 1.94. The number of hydrogen-bond acceptors (Lipinski definition) is 4. The summed E-state index contributed by atoms with van der Waals surface area (Å²) in [7, 11) is 0. The normalized spacial score (nSPS) is 15.0. The van der Waals surface area contributed by atoms with Gasteiger partial charge in [0.15, 0.2) is 0 Å². The minimum absolute atomic E-state index is 0.340. The highest BCUT2D eigenvalue weighted by atomic mass is 16.5. The summed E-state index contributed by atoms with van der Waals surface area (Å²) >= 11 is 0. The van der Waals surface area contributed by atoms with E-state index >= 15 is 0 Å². The van der Waals surface area contributed by atoms with Crippen LogP contribution in [-0.4, -0.2) is 47.2 Å². The van der Waals surface area contributed by atoms with Gasteiger partial charge in [0.25, 0.3) is 0 Å². The highest BCUT2D eigenvalue weighted by Gasteiger charge is 2.34. The molecule has 0 aromatic rings. The number of β-amino-alcohol motifs (C(OH)–C–C–N with tert-alkyl or cyclic N) is 1. The summed E-state index contributed by atoms with van der Waals surface area (Å²) in [5.41, 5.74) is -1.30. The molecule has 0 aromatic heterocycles. The molecular weight excluding hydrogens is 242 g/mol. The topological polar surface area (TPSA) is 61.7 Å². The van der Waals surface area contributed by atoms with Gasteiger partial charge in [-0.1, -0.05) is 13.8 Å². The Morgan fingerprint density at radius 1 is 1.16 bits per heavy atom. The van der Waals surface area contributed by atoms with Crippen molar-refractivity contribution in [3.05, 3.63) is 0 Å². The number of nitrogens with one attached hydrogen (secondary N) is 1. The Morgan fingerprint density at radius 3 is 2.21 bits per heavy atom. The lowest BCUT2D eigenvalue weighted by molar-refractivity contribution is -0.0179. The molecule has 1 atom stereocenters. The van der Waals surface area contributed by atoms with E-state index in [-0.39, 0.29) is 0 Å². The quantitative estimate of drug-likeness (QED) is 0.533. The average Bonchev–Trinajstić information content (AvgIpc) is 2.24. The number of ether oxygens (including phenoxy) is 1. The van der Waals surface area contributed by atoms with Gasteiger partial charge in [0.05, 0.1) is 18.3 Å². The fourth-order valence-electron chi connectivity index (χ4n) is 1.46. The number of aliphatic hydroxyl groups excluding tert-OH is 1. The molecule has 4 heteroatoms. The maximum absolute atomic E-state index is 9.98. The molecule has 0 spiro atoms. The van der Waals surface area contributed by atoms with E-state index in [2.05, 4.69) is 19.2 Å². The zero-order chi connectivity index (χ0) is 15.1. The van der Waals surface area contributed by atoms with Crippen LogP contribution in [0.4, 0.5) is 0 Å². The second-order valence-corrected chi connectivity index (χ2v) is 6.83. The van der Waals surface area contributed by atoms with E-state index in [0.29, 0.717) is 25.7 Å². The van der Waals surface area contributed by atoms with Crippen molar-refractivity contribution in [2.24, 2.45) is 5.92 Å². The smallest absolute Gasteiger partial charge is 0.0897 e. The first-order valence-electron chi connectivity index (χ1n) is 7.29. The Morgan fingerprint density at radius 2 is 1.74 bits per heavy atom. The van der Waals surface area contributed by atoms with Crippen molar-refractivity contribution >= 4 is 0 Å². The van der Waals surface area contributed by atoms with Gasteiger partial charge in [0.1, 0.15) is 0 Å². The van der Waals surface area contributed by atoms with Crippen LogP contribution in [0.3, 0.4) is 0 Å². The van der Waals surface area contributed by atoms with Gasteiger partial charge in [-0.15, -0.1) is 0 Å². The maximum atomic E-state index is 9.98. The molecule has 0 aromatic carbocycles. The van der Waals surface area contributed by atoms with E-state index in [0.717, 1.165) is 12.8 Å². The number of rotatable bonds is 10. The summed E-state index contributed by atoms with van der Waals surface area (Å²) in [5, 5.41) is 23.0. The lowest BCUT2D eigenvalue weighted by Gasteiger charge is -2.38. The van der Waals surface area contributed by atoms with Crippen molar-refractivity contribution in [2.75, 3.05) is 19.8 Å². The summed E-state index contributed by atoms with van der Waals surface area (Å²) in [6, 6.07) is 0. The second-order valence-electron chi connectivity index (χ2n) is 6.83. The Balaban J connectivity index is 3.73. The number of aliphatic hydroxyl groups is 2. The van der Waals surface area contributed by atoms with Crippen molar-refractivity contribution in [1.82, 2.24) is 5.32 Å². The van der Waals surface area contributed by atoms with Crippen molar-refractivity contribution < 1.29 is 14.9 Å². The first-order chi connectivity index (χ1) is 8.56. The SMILES string of the molecule is CC(C)CCCOCC(O)CNC(C)(C)C(C)(C)O. The van der Waals surface area contributed by atoms with Gasteiger partial charge in [-0.05, 0) is 46.5 Å². The summed E-state index contributed by atoms with van der Waals surface area (Å²) in [5.74, 6) is 0.697. The van der Waals surface area contributed by atoms with Crippen molar-refractivity contribution in [1.29, 1.82) is 0 Å². The third kappa shape index (κ3) is 8.58. The van der Waals surface area contributed by atoms with Crippen LogP contribution in [0.5, 0.6) is 0 Å². The summed E-state index contributed by atoms with van der Waals surface area (Å²) in [4.78, 5) is 0. The van der Waals surface area contributed by atoms with E-state index in [1.54, 1.807) is 13.8 Å². The monoisotopic (exact) mass is 275 g/mol. The summed E-state index contributed by atoms with van der Waals surface area (Å²) in [6.45, 7) is 13.2. The van der Waals surface area contributed by atoms with E-state index in [1.165, 1.54) is 0 Å². The molecule has 0 radical (unpaired) electrons. The Kier molecular flexibility index (Phi) is 8.13. The van der Waals surface area contributed by atoms with E-state index < -0.39 is 17.2 Å². The molecule has 0 heterocycles. The average molecular weight is 275 g/mol. The van der Waals surface area contributed by atoms with Crippen LogP contribution in [0, 0.1) is 5.92 Å². The van der Waals surface area contributed by atoms with Gasteiger partial charge >= 0.3 is 0 Å². The molecule has 19 heavy (non-hydrogen) atoms. The lowest BCUT2D eigenvalue weighted by atomic mass is 9.86. The molecule has 0 amide bonds. The Labute approximate surface area is 118 Å². The predicted molar refractivity (Wildman–Crippen MR) is 79.3 cm³/mol. The van der Waals surface area contributed by atoms with Crippen molar-refractivity contribution in [2.45, 2.75) is 71.6 Å². The molecule has 1 unspecified atom stereocenters. The Hall–Kier alpha value is -0.160. The third-order valence-electron chi connectivity index (χ3n) is 3.69. The molecule has 4 nitrogen and oxygen atoms in total. The molecule has 0 aliphatic rings. The number of hydrogen-bond donors (Lipinski definition) is 3. The highest BCUT2D eigenvalue weighted by molar-refractivity contribution is 4.93. The molecule has 0 bridgehead atoms. The fraction of sp³-hybridized carbons (Fsp3) is 1.00. The van der Waals surface area contributed by atoms with Crippen LogP contribution < -0.4 is 5.32 Å². The van der Waals surface area contributed by atoms with E-state index in [9.17, 15) is 10.2 Å². The van der Waals surface area contributed by atoms with Crippen LogP contribution in [0.15, 0.2) is 0 Å². The summed E-state index contributed by atoms with van der Waals surface area (Å²) < 4.78 is 5.44. The molecular formula is C15H33NO3. The molecule has 0 aliphatic carbocycles. The molecule has 0 saturated carbocycles. The van der Waals surface area contributed by atoms with Crippen LogP contribution >= 0.6 is 0 Å². The van der Waals surface area contributed by atoms with Crippen LogP contribution in [0.1, 0.15) is 54.4 Å². The van der Waals surface area contributed by atoms with Gasteiger partial charge in [-0.3, -0.25) is 0 Å². The highest BCUT2D eigenvalue weighted by Crippen LogP contribution is 2.20. The van der Waals surface area contributed by atoms with Gasteiger partial charge in [-0.25, -0.2) is 0 Å². The maximum Gasteiger partial charge on any atom is 0.0897 e. The molecule has 3 N–H and O–H groups in total. The van der Waals surface area contributed by atoms with Crippen molar-refractivity contribution in [3.8, 4) is 0 Å². The van der Waals surface area contributed by atoms with Gasteiger partial charge in [0.2, 0.25) is 0 Å². The second kappa shape index (κ2) is 8.20. The molecule has 116 valence electrons. The zero-order valence-electron chi connectivity index (χ0n) is 13.5. The van der Waals surface area contributed by atoms with Gasteiger partial charge < -0.3 is 20.3 Å². The zero-order valence-corrected chi connectivity index (χ0v) is 13.5. The first-order valence-corrected chi connectivity index (χ1v) is 7.29. The molecule has 0 saturated heterocycles. The van der Waals surface area contributed by atoms with Crippen molar-refractivity contribution in [3.63, 3.8) is 0 Å². The van der Waals surface area contributed by atoms with E-state index in [4.69, 9.17) is 4.74 Å². The minimum atomic E-state index is -0.842. The fourth-order valence-corrected chi connectivity index (χ4v) is 1.46. The Bertz CT molecular complexity index is 234. The third-order valence-corrected chi connectivity index (χ3v) is 3.69. The molecule has 0 aliphatic heterocycles. The van der Waals surface area contributed by atoms with Gasteiger partial charge in [-0.2, -0.15) is 0 Å². The van der Waals surface area contributed by atoms with E-state index in [1.807, 2.05) is 13.8 Å². The summed E-state index contributed by atoms with van der Waals surface area (Å²) in [6.07, 6.45) is 1.65. The minimum Gasteiger partial charge on any atom is -0.389 e. The van der Waals surface area contributed by atoms with Crippen LogP contribution in [0.2, 0.25) is 0 Å². The molecule has 0 rings (SSSR count). The lowest BCUT2D eigenvalue weighted by Crippen LogP contribution is -2.57. The van der Waals surface area contributed by atoms with Crippen LogP contribution in [-0.2, 0) is 4.74 Å².